The maximum atomic E-state index is 12.3. The van der Waals surface area contributed by atoms with E-state index in [-0.39, 0.29) is 29.3 Å². The van der Waals surface area contributed by atoms with Crippen molar-refractivity contribution in [1.29, 1.82) is 0 Å². The van der Waals surface area contributed by atoms with Crippen LogP contribution in [0.25, 0.3) is 0 Å². The fraction of sp³-hybridized carbons (Fsp3) is 0.300. The average Bonchev–Trinajstić information content (AvgIpc) is 3.20. The number of nitro groups is 1. The lowest BCUT2D eigenvalue weighted by Crippen LogP contribution is -2.27. The average molecular weight is 368 g/mol. The van der Waals surface area contributed by atoms with Crippen LogP contribution < -0.4 is 0 Å². The Hall–Kier alpha value is -3.22. The van der Waals surface area contributed by atoms with Crippen LogP contribution in [0.4, 0.5) is 5.69 Å². The first-order valence-corrected chi connectivity index (χ1v) is 8.76. The van der Waals surface area contributed by atoms with Crippen LogP contribution in [0, 0.1) is 17.0 Å². The number of esters is 1. The van der Waals surface area contributed by atoms with Crippen LogP contribution in [0.2, 0.25) is 0 Å². The summed E-state index contributed by atoms with van der Waals surface area (Å²) < 4.78 is 5.27. The number of nitrogens with zero attached hydrogens (tertiary/aromatic N) is 2. The molecule has 1 fully saturated rings. The Morgan fingerprint density at radius 2 is 1.78 bits per heavy atom. The molecule has 1 aliphatic rings. The van der Waals surface area contributed by atoms with Gasteiger partial charge in [0.1, 0.15) is 6.61 Å². The molecule has 0 atom stereocenters. The highest BCUT2D eigenvalue weighted by Gasteiger charge is 2.20. The number of ether oxygens (including phenoxy) is 1. The lowest BCUT2D eigenvalue weighted by atomic mass is 10.1. The molecule has 0 aliphatic carbocycles. The van der Waals surface area contributed by atoms with E-state index in [1.807, 2.05) is 4.90 Å². The summed E-state index contributed by atoms with van der Waals surface area (Å²) in [5.74, 6) is -0.600. The molecule has 140 valence electrons. The van der Waals surface area contributed by atoms with Crippen LogP contribution in [0.5, 0.6) is 0 Å². The molecule has 27 heavy (non-hydrogen) atoms. The number of hydrogen-bond acceptors (Lipinski definition) is 5. The van der Waals surface area contributed by atoms with Gasteiger partial charge in [-0.2, -0.15) is 0 Å². The summed E-state index contributed by atoms with van der Waals surface area (Å²) in [6.07, 6.45) is 2.08. The molecule has 3 rings (SSSR count). The van der Waals surface area contributed by atoms with Crippen LogP contribution in [0.15, 0.2) is 42.5 Å². The van der Waals surface area contributed by atoms with Gasteiger partial charge < -0.3 is 9.64 Å². The van der Waals surface area contributed by atoms with Crippen molar-refractivity contribution in [2.75, 3.05) is 13.1 Å². The summed E-state index contributed by atoms with van der Waals surface area (Å²) in [7, 11) is 0. The molecular weight excluding hydrogens is 348 g/mol. The maximum Gasteiger partial charge on any atom is 0.338 e. The molecule has 0 bridgehead atoms. The van der Waals surface area contributed by atoms with Crippen LogP contribution >= 0.6 is 0 Å². The lowest BCUT2D eigenvalue weighted by Gasteiger charge is -2.15. The van der Waals surface area contributed by atoms with Crippen LogP contribution in [-0.4, -0.2) is 34.8 Å². The molecule has 2 aromatic carbocycles. The van der Waals surface area contributed by atoms with Crippen molar-refractivity contribution >= 4 is 17.6 Å². The topological polar surface area (TPSA) is 89.8 Å². The minimum Gasteiger partial charge on any atom is -0.457 e. The number of likely N-dealkylation sites (tertiary alicyclic amines) is 1. The third-order valence-electron chi connectivity index (χ3n) is 4.69. The normalized spacial score (nSPS) is 13.4. The zero-order valence-corrected chi connectivity index (χ0v) is 15.0. The third-order valence-corrected chi connectivity index (χ3v) is 4.69. The minimum absolute atomic E-state index is 0.0169. The summed E-state index contributed by atoms with van der Waals surface area (Å²) in [5.41, 5.74) is 1.68. The Kier molecular flexibility index (Phi) is 5.49. The molecule has 2 aromatic rings. The number of nitro benzene ring substituents is 1. The predicted octanol–water partition coefficient (Wildman–Crippen LogP) is 3.50. The van der Waals surface area contributed by atoms with Crippen molar-refractivity contribution in [3.05, 3.63) is 74.8 Å². The Bertz CT molecular complexity index is 870. The third kappa shape index (κ3) is 4.13. The van der Waals surface area contributed by atoms with E-state index in [9.17, 15) is 19.7 Å². The number of amides is 1. The second-order valence-electron chi connectivity index (χ2n) is 6.48. The zero-order valence-electron chi connectivity index (χ0n) is 15.0. The Labute approximate surface area is 156 Å². The minimum atomic E-state index is -0.617. The molecule has 7 heteroatoms. The molecular formula is C20H20N2O5. The lowest BCUT2D eigenvalue weighted by molar-refractivity contribution is -0.385. The van der Waals surface area contributed by atoms with E-state index in [0.29, 0.717) is 5.56 Å². The highest BCUT2D eigenvalue weighted by molar-refractivity contribution is 5.94. The van der Waals surface area contributed by atoms with E-state index in [0.717, 1.165) is 31.5 Å². The Morgan fingerprint density at radius 1 is 1.11 bits per heavy atom. The molecule has 0 radical (unpaired) electrons. The van der Waals surface area contributed by atoms with E-state index in [1.54, 1.807) is 24.3 Å². The number of rotatable bonds is 5. The van der Waals surface area contributed by atoms with E-state index in [4.69, 9.17) is 4.74 Å². The fourth-order valence-corrected chi connectivity index (χ4v) is 3.12. The van der Waals surface area contributed by atoms with Crippen LogP contribution in [0.3, 0.4) is 0 Å². The fourth-order valence-electron chi connectivity index (χ4n) is 3.12. The van der Waals surface area contributed by atoms with Crippen molar-refractivity contribution in [3.8, 4) is 0 Å². The van der Waals surface area contributed by atoms with E-state index < -0.39 is 10.9 Å². The molecule has 0 unspecified atom stereocenters. The summed E-state index contributed by atoms with van der Waals surface area (Å²) >= 11 is 0. The van der Waals surface area contributed by atoms with Gasteiger partial charge in [0.25, 0.3) is 11.6 Å². The maximum absolute atomic E-state index is 12.3. The second kappa shape index (κ2) is 7.99. The van der Waals surface area contributed by atoms with Gasteiger partial charge >= 0.3 is 5.97 Å². The number of carbonyl (C=O) groups is 2. The number of carbonyl (C=O) groups excluding carboxylic acids is 2. The largest absolute Gasteiger partial charge is 0.457 e. The molecule has 1 heterocycles. The van der Waals surface area contributed by atoms with Gasteiger partial charge in [0.05, 0.1) is 10.5 Å². The monoisotopic (exact) mass is 368 g/mol. The zero-order chi connectivity index (χ0) is 19.4. The summed E-state index contributed by atoms with van der Waals surface area (Å²) in [5, 5.41) is 11.0. The standard InChI is InChI=1S/C20H20N2O5/c1-14-17(5-4-6-18(14)22(25)26)20(24)27-13-15-7-9-16(10-8-15)19(23)21-11-2-3-12-21/h4-10H,2-3,11-13H2,1H3. The predicted molar refractivity (Wildman–Crippen MR) is 98.5 cm³/mol. The molecule has 1 amide bonds. The van der Waals surface area contributed by atoms with Gasteiger partial charge in [0.2, 0.25) is 0 Å². The van der Waals surface area contributed by atoms with Gasteiger partial charge in [-0.1, -0.05) is 18.2 Å². The Balaban J connectivity index is 1.63. The number of benzene rings is 2. The van der Waals surface area contributed by atoms with Crippen LogP contribution in [-0.2, 0) is 11.3 Å². The summed E-state index contributed by atoms with van der Waals surface area (Å²) in [6, 6.07) is 11.3. The second-order valence-corrected chi connectivity index (χ2v) is 6.48. The van der Waals surface area contributed by atoms with Crippen LogP contribution in [0.1, 0.15) is 44.7 Å². The molecule has 1 saturated heterocycles. The molecule has 1 aliphatic heterocycles. The number of hydrogen-bond donors (Lipinski definition) is 0. The first kappa shape index (κ1) is 18.6. The van der Waals surface area contributed by atoms with Crippen molar-refractivity contribution in [2.24, 2.45) is 0 Å². The van der Waals surface area contributed by atoms with Gasteiger partial charge in [-0.05, 0) is 43.5 Å². The Morgan fingerprint density at radius 3 is 2.41 bits per heavy atom. The van der Waals surface area contributed by atoms with E-state index in [1.165, 1.54) is 25.1 Å². The quantitative estimate of drug-likeness (QED) is 0.458. The van der Waals surface area contributed by atoms with Gasteiger partial charge in [-0.25, -0.2) is 4.79 Å². The highest BCUT2D eigenvalue weighted by Crippen LogP contribution is 2.22. The van der Waals surface area contributed by atoms with Gasteiger partial charge in [-0.15, -0.1) is 0 Å². The first-order valence-electron chi connectivity index (χ1n) is 8.76. The molecule has 0 N–H and O–H groups in total. The van der Waals surface area contributed by atoms with Crippen molar-refractivity contribution in [1.82, 2.24) is 4.90 Å². The molecule has 0 saturated carbocycles. The van der Waals surface area contributed by atoms with Crippen molar-refractivity contribution in [2.45, 2.75) is 26.4 Å². The van der Waals surface area contributed by atoms with Gasteiger partial charge in [0, 0.05) is 30.3 Å². The van der Waals surface area contributed by atoms with Crippen molar-refractivity contribution in [3.63, 3.8) is 0 Å². The van der Waals surface area contributed by atoms with E-state index in [2.05, 4.69) is 0 Å². The van der Waals surface area contributed by atoms with Crippen molar-refractivity contribution < 1.29 is 19.2 Å². The SMILES string of the molecule is Cc1c(C(=O)OCc2ccc(C(=O)N3CCCC3)cc2)cccc1[N+](=O)[O-]. The molecule has 7 nitrogen and oxygen atoms in total. The molecule has 0 spiro atoms. The van der Waals surface area contributed by atoms with Gasteiger partial charge in [0.15, 0.2) is 0 Å². The summed E-state index contributed by atoms with van der Waals surface area (Å²) in [4.78, 5) is 36.9. The molecule has 0 aromatic heterocycles. The first-order chi connectivity index (χ1) is 13.0. The smallest absolute Gasteiger partial charge is 0.338 e. The van der Waals surface area contributed by atoms with Gasteiger partial charge in [-0.3, -0.25) is 14.9 Å². The summed E-state index contributed by atoms with van der Waals surface area (Å²) in [6.45, 7) is 3.13. The highest BCUT2D eigenvalue weighted by atomic mass is 16.6. The van der Waals surface area contributed by atoms with E-state index >= 15 is 0 Å².